The normalized spacial score (nSPS) is 10.7. The lowest BCUT2D eigenvalue weighted by atomic mass is 10.1. The van der Waals surface area contributed by atoms with Gasteiger partial charge < -0.3 is 5.32 Å². The summed E-state index contributed by atoms with van der Waals surface area (Å²) in [5, 5.41) is 16.5. The second kappa shape index (κ2) is 7.19. The molecule has 5 nitrogen and oxygen atoms in total. The van der Waals surface area contributed by atoms with Crippen LogP contribution in [0.4, 0.5) is 5.82 Å². The molecule has 26 heavy (non-hydrogen) atoms. The largest absolute Gasteiger partial charge is 0.364 e. The van der Waals surface area contributed by atoms with E-state index in [2.05, 4.69) is 20.6 Å². The average molecular weight is 341 g/mol. The van der Waals surface area contributed by atoms with Crippen molar-refractivity contribution in [3.8, 4) is 16.9 Å². The van der Waals surface area contributed by atoms with Crippen LogP contribution in [0.15, 0.2) is 79.0 Å². The Morgan fingerprint density at radius 3 is 2.27 bits per heavy atom. The van der Waals surface area contributed by atoms with Gasteiger partial charge in [0.2, 0.25) is 0 Å². The van der Waals surface area contributed by atoms with Crippen LogP contribution in [0.25, 0.3) is 16.9 Å². The smallest absolute Gasteiger partial charge is 0.148 e. The number of aryl methyl sites for hydroxylation is 1. The fourth-order valence-corrected chi connectivity index (χ4v) is 2.76. The topological polar surface area (TPSA) is 55.6 Å². The van der Waals surface area contributed by atoms with Crippen molar-refractivity contribution in [1.82, 2.24) is 20.0 Å². The molecule has 0 bridgehead atoms. The minimum absolute atomic E-state index is 0.651. The zero-order valence-corrected chi connectivity index (χ0v) is 14.5. The highest BCUT2D eigenvalue weighted by Gasteiger charge is 2.07. The van der Waals surface area contributed by atoms with E-state index in [0.29, 0.717) is 6.54 Å². The molecule has 2 aromatic heterocycles. The van der Waals surface area contributed by atoms with E-state index >= 15 is 0 Å². The Labute approximate surface area is 152 Å². The quantitative estimate of drug-likeness (QED) is 0.589. The number of hydrogen-bond donors (Lipinski definition) is 1. The highest BCUT2D eigenvalue weighted by Crippen LogP contribution is 2.17. The Bertz CT molecular complexity index is 976. The summed E-state index contributed by atoms with van der Waals surface area (Å²) >= 11 is 0. The number of para-hydroxylation sites is 1. The van der Waals surface area contributed by atoms with Gasteiger partial charge in [0, 0.05) is 23.9 Å². The van der Waals surface area contributed by atoms with E-state index in [-0.39, 0.29) is 0 Å². The molecule has 0 saturated carbocycles. The van der Waals surface area contributed by atoms with Gasteiger partial charge in [0.25, 0.3) is 0 Å². The minimum atomic E-state index is 0.651. The van der Waals surface area contributed by atoms with Gasteiger partial charge in [-0.2, -0.15) is 5.10 Å². The van der Waals surface area contributed by atoms with Crippen LogP contribution >= 0.6 is 0 Å². The van der Waals surface area contributed by atoms with Gasteiger partial charge in [-0.1, -0.05) is 48.5 Å². The van der Waals surface area contributed by atoms with Crippen LogP contribution in [0, 0.1) is 6.92 Å². The molecule has 0 aliphatic rings. The number of benzene rings is 2. The molecule has 0 spiro atoms. The first-order valence-corrected chi connectivity index (χ1v) is 8.53. The SMILES string of the molecule is Cc1nn(-c2ccccc2)cc1CNc1ccc(-c2ccccc2)nn1. The van der Waals surface area contributed by atoms with Crippen LogP contribution in [0.3, 0.4) is 0 Å². The Hall–Kier alpha value is -3.47. The molecule has 0 fully saturated rings. The Balaban J connectivity index is 1.45. The molecule has 5 heteroatoms. The van der Waals surface area contributed by atoms with Crippen molar-refractivity contribution in [3.05, 3.63) is 90.3 Å². The summed E-state index contributed by atoms with van der Waals surface area (Å²) in [4.78, 5) is 0. The van der Waals surface area contributed by atoms with E-state index in [1.807, 2.05) is 90.6 Å². The maximum absolute atomic E-state index is 4.59. The Morgan fingerprint density at radius 1 is 0.846 bits per heavy atom. The second-order valence-electron chi connectivity index (χ2n) is 6.04. The van der Waals surface area contributed by atoms with E-state index in [1.165, 1.54) is 0 Å². The van der Waals surface area contributed by atoms with Crippen molar-refractivity contribution >= 4 is 5.82 Å². The summed E-state index contributed by atoms with van der Waals surface area (Å²) in [6.45, 7) is 2.67. The number of nitrogens with one attached hydrogen (secondary N) is 1. The van der Waals surface area contributed by atoms with Gasteiger partial charge in [-0.3, -0.25) is 0 Å². The highest BCUT2D eigenvalue weighted by atomic mass is 15.3. The molecule has 0 unspecified atom stereocenters. The number of nitrogens with zero attached hydrogens (tertiary/aromatic N) is 4. The van der Waals surface area contributed by atoms with E-state index in [9.17, 15) is 0 Å². The Kier molecular flexibility index (Phi) is 4.43. The van der Waals surface area contributed by atoms with Crippen LogP contribution in [0.2, 0.25) is 0 Å². The summed E-state index contributed by atoms with van der Waals surface area (Å²) in [5.74, 6) is 0.747. The predicted molar refractivity (Wildman–Crippen MR) is 103 cm³/mol. The Morgan fingerprint density at radius 2 is 1.58 bits per heavy atom. The number of anilines is 1. The van der Waals surface area contributed by atoms with E-state index < -0.39 is 0 Å². The molecule has 0 atom stereocenters. The highest BCUT2D eigenvalue weighted by molar-refractivity contribution is 5.59. The molecule has 2 aromatic carbocycles. The van der Waals surface area contributed by atoms with Gasteiger partial charge in [-0.15, -0.1) is 10.2 Å². The van der Waals surface area contributed by atoms with E-state index in [4.69, 9.17) is 0 Å². The zero-order chi connectivity index (χ0) is 17.8. The van der Waals surface area contributed by atoms with Crippen molar-refractivity contribution < 1.29 is 0 Å². The maximum atomic E-state index is 4.59. The van der Waals surface area contributed by atoms with Crippen molar-refractivity contribution in [3.63, 3.8) is 0 Å². The molecule has 1 N–H and O–H groups in total. The lowest BCUT2D eigenvalue weighted by molar-refractivity contribution is 0.863. The van der Waals surface area contributed by atoms with Gasteiger partial charge in [0.1, 0.15) is 5.82 Å². The third-order valence-corrected chi connectivity index (χ3v) is 4.22. The second-order valence-corrected chi connectivity index (χ2v) is 6.04. The molecule has 0 amide bonds. The first-order chi connectivity index (χ1) is 12.8. The van der Waals surface area contributed by atoms with Crippen molar-refractivity contribution in [2.24, 2.45) is 0 Å². The molecule has 0 aliphatic heterocycles. The molecule has 4 rings (SSSR count). The van der Waals surface area contributed by atoms with Gasteiger partial charge >= 0.3 is 0 Å². The van der Waals surface area contributed by atoms with E-state index in [0.717, 1.165) is 34.0 Å². The van der Waals surface area contributed by atoms with Crippen LogP contribution in [-0.2, 0) is 6.54 Å². The van der Waals surface area contributed by atoms with Crippen molar-refractivity contribution in [1.29, 1.82) is 0 Å². The summed E-state index contributed by atoms with van der Waals surface area (Å²) < 4.78 is 1.90. The lowest BCUT2D eigenvalue weighted by Crippen LogP contribution is -2.03. The monoisotopic (exact) mass is 341 g/mol. The summed E-state index contributed by atoms with van der Waals surface area (Å²) in [6, 6.07) is 24.1. The fraction of sp³-hybridized carbons (Fsp3) is 0.0952. The maximum Gasteiger partial charge on any atom is 0.148 e. The molecular formula is C21H19N5. The van der Waals surface area contributed by atoms with Crippen molar-refractivity contribution in [2.45, 2.75) is 13.5 Å². The summed E-state index contributed by atoms with van der Waals surface area (Å²) in [5.41, 5.74) is 5.10. The van der Waals surface area contributed by atoms with Crippen LogP contribution in [0.5, 0.6) is 0 Å². The molecule has 0 saturated heterocycles. The van der Waals surface area contributed by atoms with Crippen LogP contribution < -0.4 is 5.32 Å². The third kappa shape index (κ3) is 3.47. The average Bonchev–Trinajstić information content (AvgIpc) is 3.09. The minimum Gasteiger partial charge on any atom is -0.364 e. The first kappa shape index (κ1) is 16.0. The van der Waals surface area contributed by atoms with Gasteiger partial charge in [0.15, 0.2) is 0 Å². The standard InChI is InChI=1S/C21H19N5/c1-16-18(15-26(25-16)19-10-6-3-7-11-19)14-22-21-13-12-20(23-24-21)17-8-4-2-5-9-17/h2-13,15H,14H2,1H3,(H,22,24). The van der Waals surface area contributed by atoms with Gasteiger partial charge in [-0.25, -0.2) is 4.68 Å². The predicted octanol–water partition coefficient (Wildman–Crippen LogP) is 4.25. The third-order valence-electron chi connectivity index (χ3n) is 4.22. The molecule has 4 aromatic rings. The number of hydrogen-bond acceptors (Lipinski definition) is 4. The van der Waals surface area contributed by atoms with Crippen LogP contribution in [-0.4, -0.2) is 20.0 Å². The molecule has 128 valence electrons. The van der Waals surface area contributed by atoms with Crippen molar-refractivity contribution in [2.75, 3.05) is 5.32 Å². The summed E-state index contributed by atoms with van der Waals surface area (Å²) in [7, 11) is 0. The molecule has 0 aliphatic carbocycles. The number of rotatable bonds is 5. The van der Waals surface area contributed by atoms with Crippen LogP contribution in [0.1, 0.15) is 11.3 Å². The summed E-state index contributed by atoms with van der Waals surface area (Å²) in [6.07, 6.45) is 2.05. The van der Waals surface area contributed by atoms with Gasteiger partial charge in [0.05, 0.1) is 17.1 Å². The fourth-order valence-electron chi connectivity index (χ4n) is 2.76. The first-order valence-electron chi connectivity index (χ1n) is 8.53. The lowest BCUT2D eigenvalue weighted by Gasteiger charge is -2.05. The molecule has 0 radical (unpaired) electrons. The molecular weight excluding hydrogens is 322 g/mol. The van der Waals surface area contributed by atoms with Gasteiger partial charge in [-0.05, 0) is 31.2 Å². The van der Waals surface area contributed by atoms with E-state index in [1.54, 1.807) is 0 Å². The molecule has 2 heterocycles. The number of aromatic nitrogens is 4. The zero-order valence-electron chi connectivity index (χ0n) is 14.5.